The maximum Gasteiger partial charge on any atom is 0.221 e. The summed E-state index contributed by atoms with van der Waals surface area (Å²) in [5.74, 6) is 0. The fraction of sp³-hybridized carbons (Fsp3) is 0.0667. The van der Waals surface area contributed by atoms with E-state index in [4.69, 9.17) is 0 Å². The molecular weight excluding hydrogens is 288 g/mol. The maximum absolute atomic E-state index is 12.5. The van der Waals surface area contributed by atoms with Crippen LogP contribution in [0.3, 0.4) is 0 Å². The smallest absolute Gasteiger partial charge is 0.221 e. The van der Waals surface area contributed by atoms with Crippen LogP contribution in [0.15, 0.2) is 58.7 Å². The van der Waals surface area contributed by atoms with Gasteiger partial charge in [-0.15, -0.1) is 0 Å². The van der Waals surface area contributed by atoms with E-state index in [2.05, 4.69) is 10.3 Å². The second-order valence-corrected chi connectivity index (χ2v) is 6.29. The zero-order valence-electron chi connectivity index (χ0n) is 11.4. The Kier molecular flexibility index (Phi) is 4.49. The zero-order chi connectivity index (χ0) is 15.3. The summed E-state index contributed by atoms with van der Waals surface area (Å²) in [4.78, 5) is 14.7. The third-order valence-electron chi connectivity index (χ3n) is 2.83. The molecule has 0 spiro atoms. The number of hydrogen-bond donors (Lipinski definition) is 1. The highest BCUT2D eigenvalue weighted by atomic mass is 32.2. The summed E-state index contributed by atoms with van der Waals surface area (Å²) < 4.78 is 25.1. The van der Waals surface area contributed by atoms with Gasteiger partial charge in [0.25, 0.3) is 0 Å². The Morgan fingerprint density at radius 1 is 1.10 bits per heavy atom. The number of carbonyl (C=O) groups is 1. The standard InChI is InChI=1S/C15H14N2O3S/c1-12-2-4-14(5-3-12)21(19,20)15(17-11-18)10-13-6-8-16-9-7-13/h2-11H,1H3,(H,17,18)/b15-10-. The average molecular weight is 302 g/mol. The van der Waals surface area contributed by atoms with E-state index in [1.165, 1.54) is 18.2 Å². The molecule has 0 bridgehead atoms. The van der Waals surface area contributed by atoms with Gasteiger partial charge in [-0.2, -0.15) is 0 Å². The molecule has 0 atom stereocenters. The van der Waals surface area contributed by atoms with Gasteiger partial charge in [-0.25, -0.2) is 8.42 Å². The second-order valence-electron chi connectivity index (χ2n) is 4.37. The minimum atomic E-state index is -3.78. The molecule has 1 heterocycles. The lowest BCUT2D eigenvalue weighted by molar-refractivity contribution is -0.108. The number of aromatic nitrogens is 1. The Morgan fingerprint density at radius 2 is 1.71 bits per heavy atom. The molecule has 5 nitrogen and oxygen atoms in total. The molecule has 2 rings (SSSR count). The number of pyridine rings is 1. The first-order valence-electron chi connectivity index (χ1n) is 6.18. The van der Waals surface area contributed by atoms with Crippen LogP contribution in [-0.4, -0.2) is 19.8 Å². The number of benzene rings is 1. The third kappa shape index (κ3) is 3.55. The molecule has 0 saturated heterocycles. The molecule has 1 amide bonds. The Morgan fingerprint density at radius 3 is 2.29 bits per heavy atom. The highest BCUT2D eigenvalue weighted by Crippen LogP contribution is 2.19. The Labute approximate surface area is 123 Å². The van der Waals surface area contributed by atoms with Gasteiger partial charge in [-0.3, -0.25) is 9.78 Å². The van der Waals surface area contributed by atoms with Crippen molar-refractivity contribution in [3.8, 4) is 0 Å². The minimum Gasteiger partial charge on any atom is -0.319 e. The van der Waals surface area contributed by atoms with E-state index in [9.17, 15) is 13.2 Å². The quantitative estimate of drug-likeness (QED) is 0.856. The lowest BCUT2D eigenvalue weighted by Crippen LogP contribution is -2.19. The topological polar surface area (TPSA) is 76.1 Å². The molecule has 0 aliphatic carbocycles. The van der Waals surface area contributed by atoms with Crippen molar-refractivity contribution in [3.63, 3.8) is 0 Å². The third-order valence-corrected chi connectivity index (χ3v) is 4.53. The van der Waals surface area contributed by atoms with Gasteiger partial charge in [0.15, 0.2) is 0 Å². The molecular formula is C15H14N2O3S. The molecule has 1 aromatic heterocycles. The highest BCUT2D eigenvalue weighted by molar-refractivity contribution is 7.95. The van der Waals surface area contributed by atoms with Gasteiger partial charge in [0, 0.05) is 12.4 Å². The summed E-state index contributed by atoms with van der Waals surface area (Å²) in [6.45, 7) is 1.87. The number of carbonyl (C=O) groups excluding carboxylic acids is 1. The van der Waals surface area contributed by atoms with Crippen LogP contribution in [0.5, 0.6) is 0 Å². The number of aryl methyl sites for hydroxylation is 1. The SMILES string of the molecule is Cc1ccc(S(=O)(=O)/C(=C\c2ccncc2)NC=O)cc1. The molecule has 21 heavy (non-hydrogen) atoms. The van der Waals surface area contributed by atoms with Gasteiger partial charge < -0.3 is 5.32 Å². The van der Waals surface area contributed by atoms with Crippen molar-refractivity contribution in [1.29, 1.82) is 0 Å². The first kappa shape index (κ1) is 14.9. The molecule has 108 valence electrons. The Hall–Kier alpha value is -2.47. The summed E-state index contributed by atoms with van der Waals surface area (Å²) in [6.07, 6.45) is 4.83. The van der Waals surface area contributed by atoms with Crippen LogP contribution in [0.2, 0.25) is 0 Å². The molecule has 0 fully saturated rings. The van der Waals surface area contributed by atoms with Crippen LogP contribution in [0.1, 0.15) is 11.1 Å². The van der Waals surface area contributed by atoms with Crippen LogP contribution >= 0.6 is 0 Å². The van der Waals surface area contributed by atoms with E-state index < -0.39 is 9.84 Å². The van der Waals surface area contributed by atoms with Gasteiger partial charge in [0.2, 0.25) is 16.2 Å². The zero-order valence-corrected chi connectivity index (χ0v) is 12.2. The molecule has 2 aromatic rings. The van der Waals surface area contributed by atoms with Crippen molar-refractivity contribution in [2.75, 3.05) is 0 Å². The van der Waals surface area contributed by atoms with Crippen molar-refractivity contribution >= 4 is 22.3 Å². The number of nitrogens with zero attached hydrogens (tertiary/aromatic N) is 1. The fourth-order valence-corrected chi connectivity index (χ4v) is 2.95. The molecule has 0 saturated carbocycles. The van der Waals surface area contributed by atoms with Gasteiger partial charge in [0.05, 0.1) is 4.90 Å². The summed E-state index contributed by atoms with van der Waals surface area (Å²) in [7, 11) is -3.78. The Bertz CT molecular complexity index is 751. The van der Waals surface area contributed by atoms with E-state index in [1.54, 1.807) is 36.7 Å². The summed E-state index contributed by atoms with van der Waals surface area (Å²) in [5.41, 5.74) is 1.59. The molecule has 1 aromatic carbocycles. The highest BCUT2D eigenvalue weighted by Gasteiger charge is 2.20. The van der Waals surface area contributed by atoms with E-state index in [0.717, 1.165) is 5.56 Å². The number of nitrogens with one attached hydrogen (secondary N) is 1. The van der Waals surface area contributed by atoms with Crippen molar-refractivity contribution < 1.29 is 13.2 Å². The minimum absolute atomic E-state index is 0.128. The fourth-order valence-electron chi connectivity index (χ4n) is 1.71. The van der Waals surface area contributed by atoms with Gasteiger partial charge in [0.1, 0.15) is 5.03 Å². The van der Waals surface area contributed by atoms with Crippen molar-refractivity contribution in [2.24, 2.45) is 0 Å². The van der Waals surface area contributed by atoms with Crippen LogP contribution < -0.4 is 5.32 Å². The van der Waals surface area contributed by atoms with E-state index in [1.807, 2.05) is 6.92 Å². The number of amides is 1. The van der Waals surface area contributed by atoms with E-state index in [-0.39, 0.29) is 9.92 Å². The summed E-state index contributed by atoms with van der Waals surface area (Å²) in [5, 5.41) is 2.08. The predicted molar refractivity (Wildman–Crippen MR) is 79.8 cm³/mol. The predicted octanol–water partition coefficient (Wildman–Crippen LogP) is 1.91. The van der Waals surface area contributed by atoms with Gasteiger partial charge >= 0.3 is 0 Å². The summed E-state index contributed by atoms with van der Waals surface area (Å²) >= 11 is 0. The van der Waals surface area contributed by atoms with Gasteiger partial charge in [-0.05, 0) is 42.8 Å². The van der Waals surface area contributed by atoms with Crippen LogP contribution in [0, 0.1) is 6.92 Å². The first-order chi connectivity index (χ1) is 10.0. The molecule has 0 aliphatic rings. The van der Waals surface area contributed by atoms with Crippen molar-refractivity contribution in [2.45, 2.75) is 11.8 Å². The second kappa shape index (κ2) is 6.32. The lowest BCUT2D eigenvalue weighted by atomic mass is 10.2. The van der Waals surface area contributed by atoms with E-state index >= 15 is 0 Å². The van der Waals surface area contributed by atoms with Gasteiger partial charge in [-0.1, -0.05) is 17.7 Å². The number of rotatable bonds is 5. The monoisotopic (exact) mass is 302 g/mol. The normalized spacial score (nSPS) is 12.0. The van der Waals surface area contributed by atoms with E-state index in [0.29, 0.717) is 12.0 Å². The van der Waals surface area contributed by atoms with Crippen LogP contribution in [0.25, 0.3) is 6.08 Å². The summed E-state index contributed by atoms with van der Waals surface area (Å²) in [6, 6.07) is 9.74. The number of sulfone groups is 1. The first-order valence-corrected chi connectivity index (χ1v) is 7.66. The molecule has 1 N–H and O–H groups in total. The Balaban J connectivity index is 2.48. The van der Waals surface area contributed by atoms with Crippen LogP contribution in [-0.2, 0) is 14.6 Å². The van der Waals surface area contributed by atoms with Crippen molar-refractivity contribution in [3.05, 3.63) is 64.9 Å². The van der Waals surface area contributed by atoms with Crippen LogP contribution in [0.4, 0.5) is 0 Å². The van der Waals surface area contributed by atoms with Crippen molar-refractivity contribution in [1.82, 2.24) is 10.3 Å². The molecule has 0 radical (unpaired) electrons. The largest absolute Gasteiger partial charge is 0.319 e. The molecule has 0 unspecified atom stereocenters. The number of hydrogen-bond acceptors (Lipinski definition) is 4. The lowest BCUT2D eigenvalue weighted by Gasteiger charge is -2.08. The molecule has 6 heteroatoms. The average Bonchev–Trinajstić information content (AvgIpc) is 2.48. The maximum atomic E-state index is 12.5. The molecule has 0 aliphatic heterocycles.